The van der Waals surface area contributed by atoms with Crippen LogP contribution in [0.2, 0.25) is 0 Å². The van der Waals surface area contributed by atoms with Gasteiger partial charge in [0.25, 0.3) is 0 Å². The number of hydrogen-bond donors (Lipinski definition) is 0. The number of carbonyl (C=O) groups is 1. The van der Waals surface area contributed by atoms with E-state index in [2.05, 4.69) is 14.1 Å². The first-order valence-electron chi connectivity index (χ1n) is 12.4. The van der Waals surface area contributed by atoms with Crippen LogP contribution in [0, 0.1) is 11.7 Å². The van der Waals surface area contributed by atoms with Gasteiger partial charge in [0.15, 0.2) is 0 Å². The van der Waals surface area contributed by atoms with Crippen molar-refractivity contribution in [3.63, 3.8) is 0 Å². The summed E-state index contributed by atoms with van der Waals surface area (Å²) in [6.07, 6.45) is 6.16. The lowest BCUT2D eigenvalue weighted by atomic mass is 9.78. The lowest BCUT2D eigenvalue weighted by Gasteiger charge is -2.50. The van der Waals surface area contributed by atoms with E-state index in [1.165, 1.54) is 6.07 Å². The molecule has 1 heterocycles. The van der Waals surface area contributed by atoms with Gasteiger partial charge in [0.2, 0.25) is 5.91 Å². The van der Waals surface area contributed by atoms with E-state index in [9.17, 15) is 14.3 Å². The molecule has 1 aliphatic carbocycles. The molecule has 0 N–H and O–H groups in total. The van der Waals surface area contributed by atoms with Crippen molar-refractivity contribution in [1.82, 2.24) is 4.90 Å². The van der Waals surface area contributed by atoms with Gasteiger partial charge in [0.05, 0.1) is 26.7 Å². The highest BCUT2D eigenvalue weighted by Gasteiger charge is 2.42. The fraction of sp³-hybridized carbons (Fsp3) is 0.536. The maximum atomic E-state index is 14.2. The van der Waals surface area contributed by atoms with E-state index in [1.54, 1.807) is 6.07 Å². The zero-order chi connectivity index (χ0) is 23.5. The van der Waals surface area contributed by atoms with Crippen molar-refractivity contribution >= 4 is 5.91 Å². The number of nitrogens with zero attached hydrogens (tertiary/aromatic N) is 2. The van der Waals surface area contributed by atoms with Gasteiger partial charge in [-0.3, -0.25) is 4.79 Å². The molecule has 2 aromatic rings. The molecule has 2 aliphatic rings. The van der Waals surface area contributed by atoms with E-state index in [0.717, 1.165) is 55.1 Å². The molecular weight excluding hydrogens is 415 g/mol. The average molecular weight is 453 g/mol. The Morgan fingerprint density at radius 3 is 2.24 bits per heavy atom. The number of hydrogen-bond acceptors (Lipinski definition) is 2. The summed E-state index contributed by atoms with van der Waals surface area (Å²) < 4.78 is 14.8. The highest BCUT2D eigenvalue weighted by atomic mass is 19.1. The zero-order valence-corrected chi connectivity index (χ0v) is 20.0. The third-order valence-corrected chi connectivity index (χ3v) is 8.11. The molecule has 0 unspecified atom stereocenters. The molecule has 1 amide bonds. The Morgan fingerprint density at radius 2 is 1.61 bits per heavy atom. The second kappa shape index (κ2) is 9.94. The highest BCUT2D eigenvalue weighted by molar-refractivity contribution is 5.86. The predicted molar refractivity (Wildman–Crippen MR) is 127 cm³/mol. The summed E-state index contributed by atoms with van der Waals surface area (Å²) in [5.74, 6) is -0.508. The van der Waals surface area contributed by atoms with Crippen molar-refractivity contribution in [1.29, 1.82) is 0 Å². The minimum atomic E-state index is -1.68. The fourth-order valence-electron chi connectivity index (χ4n) is 5.85. The molecule has 0 aromatic heterocycles. The lowest BCUT2D eigenvalue weighted by molar-refractivity contribution is -0.916. The molecule has 178 valence electrons. The van der Waals surface area contributed by atoms with Crippen LogP contribution in [-0.2, 0) is 16.8 Å². The molecular formula is C28H37FN2O2. The van der Waals surface area contributed by atoms with Crippen LogP contribution in [0.1, 0.15) is 49.7 Å². The number of carbonyl (C=O) groups excluding carboxylic acids is 1. The molecule has 0 bridgehead atoms. The molecule has 0 spiro atoms. The monoisotopic (exact) mass is 452 g/mol. The second-order valence-electron chi connectivity index (χ2n) is 10.5. The summed E-state index contributed by atoms with van der Waals surface area (Å²) in [7, 11) is 4.40. The van der Waals surface area contributed by atoms with Gasteiger partial charge < -0.3 is 14.5 Å². The Bertz CT molecular complexity index is 934. The van der Waals surface area contributed by atoms with Gasteiger partial charge in [0.1, 0.15) is 5.82 Å². The summed E-state index contributed by atoms with van der Waals surface area (Å²) in [5.41, 5.74) is -0.309. The smallest absolute Gasteiger partial charge is 0.216 e. The average Bonchev–Trinajstić information content (AvgIpc) is 3.39. The fourth-order valence-corrected chi connectivity index (χ4v) is 5.85. The van der Waals surface area contributed by atoms with Crippen LogP contribution >= 0.6 is 0 Å². The van der Waals surface area contributed by atoms with Crippen molar-refractivity contribution in [2.75, 3.05) is 33.7 Å². The van der Waals surface area contributed by atoms with Gasteiger partial charge in [-0.2, -0.15) is 0 Å². The van der Waals surface area contributed by atoms with Crippen molar-refractivity contribution in [2.24, 2.45) is 5.92 Å². The van der Waals surface area contributed by atoms with Crippen LogP contribution in [-0.4, -0.2) is 55.1 Å². The van der Waals surface area contributed by atoms with Crippen LogP contribution in [0.3, 0.4) is 0 Å². The van der Waals surface area contributed by atoms with E-state index in [0.29, 0.717) is 31.1 Å². The van der Waals surface area contributed by atoms with Crippen LogP contribution < -0.4 is 5.11 Å². The largest absolute Gasteiger partial charge is 0.839 e. The van der Waals surface area contributed by atoms with E-state index in [4.69, 9.17) is 0 Å². The van der Waals surface area contributed by atoms with Crippen LogP contribution in [0.15, 0.2) is 54.6 Å². The summed E-state index contributed by atoms with van der Waals surface area (Å²) in [4.78, 5) is 15.5. The topological polar surface area (TPSA) is 43.4 Å². The quantitative estimate of drug-likeness (QED) is 0.599. The van der Waals surface area contributed by atoms with E-state index in [1.807, 2.05) is 47.4 Å². The number of rotatable bonds is 7. The Labute approximate surface area is 197 Å². The minimum absolute atomic E-state index is 0.127. The normalized spacial score (nSPS) is 20.1. The zero-order valence-electron chi connectivity index (χ0n) is 20.0. The molecule has 1 atom stereocenters. The number of quaternary nitrogens is 1. The van der Waals surface area contributed by atoms with Crippen molar-refractivity contribution < 1.29 is 18.8 Å². The lowest BCUT2D eigenvalue weighted by Crippen LogP contribution is -2.62. The molecule has 33 heavy (non-hydrogen) atoms. The Balaban J connectivity index is 1.41. The number of amides is 1. The van der Waals surface area contributed by atoms with Gasteiger partial charge in [-0.1, -0.05) is 74.2 Å². The Kier molecular flexibility index (Phi) is 7.20. The molecule has 1 aliphatic heterocycles. The second-order valence-corrected chi connectivity index (χ2v) is 10.5. The first kappa shape index (κ1) is 23.9. The molecule has 5 heteroatoms. The SMILES string of the molecule is C[N+](C)(CCc1ccccc1F)C1CCN(C(=O)[C@]([O-])(c2ccccc2)C2CCCC2)CC1. The number of likely N-dealkylation sites (tertiary alicyclic amines) is 1. The molecule has 1 saturated carbocycles. The van der Waals surface area contributed by atoms with E-state index >= 15 is 0 Å². The van der Waals surface area contributed by atoms with Gasteiger partial charge >= 0.3 is 0 Å². The maximum absolute atomic E-state index is 14.2. The van der Waals surface area contributed by atoms with E-state index in [-0.39, 0.29) is 17.6 Å². The maximum Gasteiger partial charge on any atom is 0.216 e. The number of likely N-dealkylation sites (N-methyl/N-ethyl adjacent to an activating group) is 1. The van der Waals surface area contributed by atoms with Gasteiger partial charge in [0, 0.05) is 32.4 Å². The summed E-state index contributed by atoms with van der Waals surface area (Å²) in [5, 5.41) is 14.2. The third-order valence-electron chi connectivity index (χ3n) is 8.11. The molecule has 4 rings (SSSR count). The summed E-state index contributed by atoms with van der Waals surface area (Å²) >= 11 is 0. The van der Waals surface area contributed by atoms with Gasteiger partial charge in [-0.15, -0.1) is 0 Å². The number of halogens is 1. The van der Waals surface area contributed by atoms with E-state index < -0.39 is 5.60 Å². The van der Waals surface area contributed by atoms with Crippen molar-refractivity contribution in [3.8, 4) is 0 Å². The first-order chi connectivity index (χ1) is 15.8. The van der Waals surface area contributed by atoms with Gasteiger partial charge in [-0.25, -0.2) is 4.39 Å². The van der Waals surface area contributed by atoms with Crippen LogP contribution in [0.4, 0.5) is 4.39 Å². The minimum Gasteiger partial charge on any atom is -0.839 e. The van der Waals surface area contributed by atoms with Crippen molar-refractivity contribution in [2.45, 2.75) is 56.6 Å². The molecule has 4 nitrogen and oxygen atoms in total. The number of piperidine rings is 1. The molecule has 2 aromatic carbocycles. The van der Waals surface area contributed by atoms with Crippen LogP contribution in [0.25, 0.3) is 0 Å². The molecule has 2 fully saturated rings. The Hall–Kier alpha value is -2.24. The first-order valence-corrected chi connectivity index (χ1v) is 12.4. The summed E-state index contributed by atoms with van der Waals surface area (Å²) in [6.45, 7) is 2.08. The van der Waals surface area contributed by atoms with Crippen LogP contribution in [0.5, 0.6) is 0 Å². The van der Waals surface area contributed by atoms with Crippen molar-refractivity contribution in [3.05, 3.63) is 71.5 Å². The predicted octanol–water partition coefficient (Wildman–Crippen LogP) is 3.88. The number of benzene rings is 2. The standard InChI is InChI=1S/C28H37FN2O2/c1-31(2,21-18-22-10-6-9-15-26(22)29)25-16-19-30(20-17-25)27(32)28(33,24-13-7-8-14-24)23-11-4-3-5-12-23/h3-6,9-12,15,24-25H,7-8,13-14,16-21H2,1-2H3/t28-/m0/s1. The molecule has 0 radical (unpaired) electrons. The van der Waals surface area contributed by atoms with Gasteiger partial charge in [-0.05, 0) is 28.7 Å². The third kappa shape index (κ3) is 4.99. The summed E-state index contributed by atoms with van der Waals surface area (Å²) in [6, 6.07) is 16.7. The Morgan fingerprint density at radius 1 is 1.00 bits per heavy atom. The molecule has 1 saturated heterocycles. The highest BCUT2D eigenvalue weighted by Crippen LogP contribution is 2.40.